The quantitative estimate of drug-likeness (QED) is 0.827. The highest BCUT2D eigenvalue weighted by molar-refractivity contribution is 5.80. The van der Waals surface area contributed by atoms with Crippen molar-refractivity contribution in [1.82, 2.24) is 10.3 Å². The van der Waals surface area contributed by atoms with E-state index in [0.29, 0.717) is 0 Å². The van der Waals surface area contributed by atoms with Crippen molar-refractivity contribution in [2.45, 2.75) is 26.5 Å². The molecule has 0 unspecified atom stereocenters. The summed E-state index contributed by atoms with van der Waals surface area (Å²) in [6, 6.07) is 2.54. The summed E-state index contributed by atoms with van der Waals surface area (Å²) < 4.78 is 4.91. The molecule has 0 radical (unpaired) electrons. The fourth-order valence-electron chi connectivity index (χ4n) is 1.31. The van der Waals surface area contributed by atoms with Crippen LogP contribution in [0.25, 0.3) is 0 Å². The Morgan fingerprint density at radius 2 is 2.22 bits per heavy atom. The summed E-state index contributed by atoms with van der Waals surface area (Å²) in [5, 5.41) is 11.2. The number of carbonyl (C=O) groups excluding carboxylic acids is 1. The van der Waals surface area contributed by atoms with E-state index in [0.717, 1.165) is 5.56 Å². The van der Waals surface area contributed by atoms with Crippen LogP contribution in [0.2, 0.25) is 0 Å². The Balaban J connectivity index is 2.44. The smallest absolute Gasteiger partial charge is 0.408 e. The molecule has 0 aliphatic heterocycles. The first-order valence-electron chi connectivity index (χ1n) is 5.55. The van der Waals surface area contributed by atoms with E-state index in [1.165, 1.54) is 0 Å². The highest BCUT2D eigenvalue weighted by Crippen LogP contribution is 2.03. The third-order valence-electron chi connectivity index (χ3n) is 2.30. The zero-order valence-corrected chi connectivity index (χ0v) is 10.3. The van der Waals surface area contributed by atoms with Gasteiger partial charge in [0.25, 0.3) is 0 Å². The van der Waals surface area contributed by atoms with E-state index in [1.807, 2.05) is 0 Å². The Kier molecular flexibility index (Phi) is 5.10. The summed E-state index contributed by atoms with van der Waals surface area (Å²) in [5.74, 6) is -1.29. The lowest BCUT2D eigenvalue weighted by molar-refractivity contribution is -0.140. The number of hydrogen-bond acceptors (Lipinski definition) is 4. The van der Waals surface area contributed by atoms with Crippen LogP contribution in [-0.2, 0) is 16.1 Å². The third-order valence-corrected chi connectivity index (χ3v) is 2.30. The standard InChI is InChI=1S/C12H16N2O4/c1-8(2)10(11(15)16)14-12(17)18-7-9-4-3-5-13-6-9/h3-6,8,10H,7H2,1-2H3,(H,14,17)(H,15,16)/t10-/m0/s1. The lowest BCUT2D eigenvalue weighted by atomic mass is 10.1. The number of nitrogens with zero attached hydrogens (tertiary/aromatic N) is 1. The summed E-state index contributed by atoms with van der Waals surface area (Å²) in [7, 11) is 0. The van der Waals surface area contributed by atoms with Crippen LogP contribution in [0.3, 0.4) is 0 Å². The molecular weight excluding hydrogens is 236 g/mol. The molecule has 98 valence electrons. The molecule has 2 N–H and O–H groups in total. The Morgan fingerprint density at radius 3 is 2.72 bits per heavy atom. The van der Waals surface area contributed by atoms with Crippen molar-refractivity contribution in [3.63, 3.8) is 0 Å². The molecule has 0 aliphatic carbocycles. The van der Waals surface area contributed by atoms with E-state index < -0.39 is 18.1 Å². The van der Waals surface area contributed by atoms with Gasteiger partial charge >= 0.3 is 12.1 Å². The topological polar surface area (TPSA) is 88.5 Å². The largest absolute Gasteiger partial charge is 0.480 e. The molecule has 6 heteroatoms. The van der Waals surface area contributed by atoms with Crippen molar-refractivity contribution in [1.29, 1.82) is 0 Å². The molecule has 0 aromatic carbocycles. The molecule has 1 heterocycles. The van der Waals surface area contributed by atoms with Gasteiger partial charge in [0.1, 0.15) is 12.6 Å². The molecule has 1 aromatic heterocycles. The predicted octanol–water partition coefficient (Wildman–Crippen LogP) is 1.42. The molecular formula is C12H16N2O4. The first-order chi connectivity index (χ1) is 8.50. The average Bonchev–Trinajstić information content (AvgIpc) is 2.34. The highest BCUT2D eigenvalue weighted by atomic mass is 16.5. The normalized spacial score (nSPS) is 11.9. The van der Waals surface area contributed by atoms with Gasteiger partial charge in [-0.15, -0.1) is 0 Å². The van der Waals surface area contributed by atoms with Gasteiger partial charge in [-0.05, 0) is 12.0 Å². The zero-order valence-electron chi connectivity index (χ0n) is 10.3. The van der Waals surface area contributed by atoms with Gasteiger partial charge in [0.2, 0.25) is 0 Å². The molecule has 1 rings (SSSR count). The molecule has 1 aromatic rings. The van der Waals surface area contributed by atoms with Gasteiger partial charge in [-0.25, -0.2) is 9.59 Å². The summed E-state index contributed by atoms with van der Waals surface area (Å²) in [5.41, 5.74) is 0.740. The van der Waals surface area contributed by atoms with Crippen LogP contribution in [0.4, 0.5) is 4.79 Å². The maximum Gasteiger partial charge on any atom is 0.408 e. The summed E-state index contributed by atoms with van der Waals surface area (Å²) in [6.45, 7) is 3.48. The van der Waals surface area contributed by atoms with Crippen molar-refractivity contribution in [2.24, 2.45) is 5.92 Å². The van der Waals surface area contributed by atoms with Crippen LogP contribution in [0.1, 0.15) is 19.4 Å². The second-order valence-electron chi connectivity index (χ2n) is 4.14. The Labute approximate surface area is 105 Å². The van der Waals surface area contributed by atoms with E-state index in [9.17, 15) is 9.59 Å². The monoisotopic (exact) mass is 252 g/mol. The van der Waals surface area contributed by atoms with E-state index in [-0.39, 0.29) is 12.5 Å². The minimum Gasteiger partial charge on any atom is -0.480 e. The van der Waals surface area contributed by atoms with Gasteiger partial charge in [0.05, 0.1) is 0 Å². The zero-order chi connectivity index (χ0) is 13.5. The molecule has 1 amide bonds. The number of alkyl carbamates (subject to hydrolysis) is 1. The number of rotatable bonds is 5. The van der Waals surface area contributed by atoms with Crippen LogP contribution in [-0.4, -0.2) is 28.2 Å². The van der Waals surface area contributed by atoms with Crippen molar-refractivity contribution in [2.75, 3.05) is 0 Å². The number of nitrogens with one attached hydrogen (secondary N) is 1. The summed E-state index contributed by atoms with van der Waals surface area (Å²) >= 11 is 0. The number of pyridine rings is 1. The number of carbonyl (C=O) groups is 2. The van der Waals surface area contributed by atoms with Gasteiger partial charge in [0, 0.05) is 18.0 Å². The third kappa shape index (κ3) is 4.40. The van der Waals surface area contributed by atoms with Crippen LogP contribution in [0.5, 0.6) is 0 Å². The number of aromatic nitrogens is 1. The van der Waals surface area contributed by atoms with Crippen LogP contribution in [0, 0.1) is 5.92 Å². The van der Waals surface area contributed by atoms with Gasteiger partial charge < -0.3 is 15.2 Å². The van der Waals surface area contributed by atoms with Gasteiger partial charge in [-0.1, -0.05) is 19.9 Å². The van der Waals surface area contributed by atoms with E-state index in [2.05, 4.69) is 10.3 Å². The molecule has 0 aliphatic rings. The van der Waals surface area contributed by atoms with Crippen molar-refractivity contribution >= 4 is 12.1 Å². The number of ether oxygens (including phenoxy) is 1. The molecule has 6 nitrogen and oxygen atoms in total. The summed E-state index contributed by atoms with van der Waals surface area (Å²) in [6.07, 6.45) is 2.44. The predicted molar refractivity (Wildman–Crippen MR) is 63.8 cm³/mol. The van der Waals surface area contributed by atoms with E-state index in [4.69, 9.17) is 9.84 Å². The second-order valence-corrected chi connectivity index (χ2v) is 4.14. The molecule has 0 fully saturated rings. The molecule has 18 heavy (non-hydrogen) atoms. The number of aliphatic carboxylic acids is 1. The Morgan fingerprint density at radius 1 is 1.50 bits per heavy atom. The maximum atomic E-state index is 11.4. The SMILES string of the molecule is CC(C)[C@H](NC(=O)OCc1cccnc1)C(=O)O. The fourth-order valence-corrected chi connectivity index (χ4v) is 1.31. The maximum absolute atomic E-state index is 11.4. The van der Waals surface area contributed by atoms with Crippen molar-refractivity contribution in [3.8, 4) is 0 Å². The Hall–Kier alpha value is -2.11. The van der Waals surface area contributed by atoms with Crippen LogP contribution < -0.4 is 5.32 Å². The lowest BCUT2D eigenvalue weighted by Gasteiger charge is -2.17. The van der Waals surface area contributed by atoms with Gasteiger partial charge in [0.15, 0.2) is 0 Å². The number of hydrogen-bond donors (Lipinski definition) is 2. The Bertz CT molecular complexity index is 406. The number of carboxylic acids is 1. The summed E-state index contributed by atoms with van der Waals surface area (Å²) in [4.78, 5) is 26.2. The average molecular weight is 252 g/mol. The molecule has 0 saturated heterocycles. The van der Waals surface area contributed by atoms with E-state index in [1.54, 1.807) is 38.4 Å². The van der Waals surface area contributed by atoms with Crippen molar-refractivity contribution in [3.05, 3.63) is 30.1 Å². The second kappa shape index (κ2) is 6.58. The van der Waals surface area contributed by atoms with Crippen molar-refractivity contribution < 1.29 is 19.4 Å². The lowest BCUT2D eigenvalue weighted by Crippen LogP contribution is -2.44. The minimum absolute atomic E-state index is 0.0596. The molecule has 0 saturated carbocycles. The van der Waals surface area contributed by atoms with Gasteiger partial charge in [-0.2, -0.15) is 0 Å². The van der Waals surface area contributed by atoms with Crippen LogP contribution >= 0.6 is 0 Å². The highest BCUT2D eigenvalue weighted by Gasteiger charge is 2.23. The minimum atomic E-state index is -1.08. The molecule has 1 atom stereocenters. The fraction of sp³-hybridized carbons (Fsp3) is 0.417. The first kappa shape index (κ1) is 14.0. The van der Waals surface area contributed by atoms with Crippen LogP contribution in [0.15, 0.2) is 24.5 Å². The molecule has 0 spiro atoms. The first-order valence-corrected chi connectivity index (χ1v) is 5.55. The number of carboxylic acid groups (broad SMARTS) is 1. The van der Waals surface area contributed by atoms with E-state index >= 15 is 0 Å². The molecule has 0 bridgehead atoms. The number of amides is 1. The van der Waals surface area contributed by atoms with Gasteiger partial charge in [-0.3, -0.25) is 4.98 Å².